The van der Waals surface area contributed by atoms with Crippen LogP contribution < -0.4 is 9.47 Å². The van der Waals surface area contributed by atoms with Crippen LogP contribution in [0.5, 0.6) is 11.5 Å². The van der Waals surface area contributed by atoms with E-state index in [-0.39, 0.29) is 0 Å². The van der Waals surface area contributed by atoms with Crippen molar-refractivity contribution in [1.29, 1.82) is 0 Å². The fourth-order valence-electron chi connectivity index (χ4n) is 3.75. The molecule has 2 aromatic carbocycles. The highest BCUT2D eigenvalue weighted by Gasteiger charge is 2.22. The largest absolute Gasteiger partial charge is 0.493 e. The lowest BCUT2D eigenvalue weighted by Gasteiger charge is -2.16. The number of fused-ring (bicyclic) bond motifs is 3. The second-order valence-corrected chi connectivity index (χ2v) is 6.60. The molecule has 0 bridgehead atoms. The van der Waals surface area contributed by atoms with Crippen LogP contribution in [0.15, 0.2) is 36.4 Å². The molecule has 0 atom stereocenters. The molecule has 0 aliphatic heterocycles. The van der Waals surface area contributed by atoms with Crippen LogP contribution in [0.1, 0.15) is 24.1 Å². The van der Waals surface area contributed by atoms with Crippen molar-refractivity contribution in [3.05, 3.63) is 52.7 Å². The number of halogens is 1. The molecule has 0 saturated heterocycles. The first-order valence-corrected chi connectivity index (χ1v) is 8.65. The van der Waals surface area contributed by atoms with E-state index in [0.29, 0.717) is 0 Å². The predicted molar refractivity (Wildman–Crippen MR) is 98.0 cm³/mol. The van der Waals surface area contributed by atoms with Crippen molar-refractivity contribution in [2.45, 2.75) is 25.7 Å². The molecule has 4 heteroatoms. The van der Waals surface area contributed by atoms with Gasteiger partial charge in [0.25, 0.3) is 0 Å². The van der Waals surface area contributed by atoms with Gasteiger partial charge in [0.2, 0.25) is 0 Å². The molecule has 0 unspecified atom stereocenters. The summed E-state index contributed by atoms with van der Waals surface area (Å²) in [6.07, 6.45) is 4.67. The summed E-state index contributed by atoms with van der Waals surface area (Å²) in [5, 5.41) is 2.01. The Hall–Kier alpha value is -2.13. The minimum atomic E-state index is 0.753. The van der Waals surface area contributed by atoms with Gasteiger partial charge in [-0.15, -0.1) is 0 Å². The molecule has 0 N–H and O–H groups in total. The maximum absolute atomic E-state index is 6.08. The maximum Gasteiger partial charge on any atom is 0.162 e. The molecule has 1 aliphatic rings. The summed E-state index contributed by atoms with van der Waals surface area (Å²) >= 11 is 6.08. The summed E-state index contributed by atoms with van der Waals surface area (Å²) in [6, 6.07) is 12.2. The smallest absolute Gasteiger partial charge is 0.162 e. The number of hydrogen-bond acceptors (Lipinski definition) is 2. The molecule has 124 valence electrons. The van der Waals surface area contributed by atoms with Crippen molar-refractivity contribution in [3.8, 4) is 17.2 Å². The van der Waals surface area contributed by atoms with Gasteiger partial charge in [0.1, 0.15) is 0 Å². The molecule has 0 spiro atoms. The summed E-state index contributed by atoms with van der Waals surface area (Å²) in [7, 11) is 3.37. The average molecular weight is 342 g/mol. The second kappa shape index (κ2) is 6.06. The zero-order valence-electron chi connectivity index (χ0n) is 13.9. The van der Waals surface area contributed by atoms with Gasteiger partial charge >= 0.3 is 0 Å². The van der Waals surface area contributed by atoms with Gasteiger partial charge in [0, 0.05) is 27.9 Å². The van der Waals surface area contributed by atoms with Gasteiger partial charge in [0.05, 0.1) is 19.7 Å². The molecule has 0 amide bonds. The standard InChI is InChI=1S/C20H20ClNO2/c1-23-19-11-16-15-5-3-4-6-17(15)22(18(16)12-20(19)24-2)14-9-7-13(21)8-10-14/h7-12H,3-6H2,1-2H3. The third-order valence-corrected chi connectivity index (χ3v) is 5.11. The molecular formula is C20H20ClNO2. The lowest BCUT2D eigenvalue weighted by Crippen LogP contribution is -2.06. The third-order valence-electron chi connectivity index (χ3n) is 4.86. The molecule has 3 nitrogen and oxygen atoms in total. The van der Waals surface area contributed by atoms with E-state index in [0.717, 1.165) is 35.1 Å². The molecule has 1 aromatic heterocycles. The van der Waals surface area contributed by atoms with Crippen LogP contribution in [0.4, 0.5) is 0 Å². The Morgan fingerprint density at radius 2 is 1.58 bits per heavy atom. The molecule has 4 rings (SSSR count). The van der Waals surface area contributed by atoms with E-state index >= 15 is 0 Å². The lowest BCUT2D eigenvalue weighted by atomic mass is 9.95. The normalized spacial score (nSPS) is 13.8. The molecule has 24 heavy (non-hydrogen) atoms. The van der Waals surface area contributed by atoms with Crippen LogP contribution in [0.3, 0.4) is 0 Å². The highest BCUT2D eigenvalue weighted by atomic mass is 35.5. The quantitative estimate of drug-likeness (QED) is 0.655. The Morgan fingerprint density at radius 3 is 2.29 bits per heavy atom. The number of methoxy groups -OCH3 is 2. The molecule has 0 fully saturated rings. The number of rotatable bonds is 3. The zero-order chi connectivity index (χ0) is 16.7. The van der Waals surface area contributed by atoms with Crippen molar-refractivity contribution in [1.82, 2.24) is 4.57 Å². The summed E-state index contributed by atoms with van der Waals surface area (Å²) in [6.45, 7) is 0. The Bertz CT molecular complexity index is 896. The highest BCUT2D eigenvalue weighted by molar-refractivity contribution is 6.30. The number of ether oxygens (including phenoxy) is 2. The van der Waals surface area contributed by atoms with E-state index in [1.54, 1.807) is 14.2 Å². The van der Waals surface area contributed by atoms with Gasteiger partial charge in [0.15, 0.2) is 11.5 Å². The van der Waals surface area contributed by atoms with E-state index in [2.05, 4.69) is 28.8 Å². The average Bonchev–Trinajstić information content (AvgIpc) is 2.94. The van der Waals surface area contributed by atoms with Gasteiger partial charge in [-0.2, -0.15) is 0 Å². The summed E-state index contributed by atoms with van der Waals surface area (Å²) in [4.78, 5) is 0. The third kappa shape index (κ3) is 2.35. The minimum absolute atomic E-state index is 0.753. The molecule has 1 heterocycles. The van der Waals surface area contributed by atoms with Crippen LogP contribution >= 0.6 is 11.6 Å². The van der Waals surface area contributed by atoms with Crippen LogP contribution in [0.2, 0.25) is 5.02 Å². The summed E-state index contributed by atoms with van der Waals surface area (Å²) in [5.74, 6) is 1.54. The first kappa shape index (κ1) is 15.4. The fraction of sp³-hybridized carbons (Fsp3) is 0.300. The van der Waals surface area contributed by atoms with E-state index in [1.807, 2.05) is 12.1 Å². The van der Waals surface area contributed by atoms with Gasteiger partial charge in [-0.05, 0) is 61.6 Å². The lowest BCUT2D eigenvalue weighted by molar-refractivity contribution is 0.356. The Labute approximate surface area is 146 Å². The molecule has 1 aliphatic carbocycles. The monoisotopic (exact) mass is 341 g/mol. The summed E-state index contributed by atoms with van der Waals surface area (Å²) in [5.41, 5.74) is 5.14. The van der Waals surface area contributed by atoms with Crippen molar-refractivity contribution in [2.24, 2.45) is 0 Å². The van der Waals surface area contributed by atoms with Crippen molar-refractivity contribution < 1.29 is 9.47 Å². The first-order chi connectivity index (χ1) is 11.7. The van der Waals surface area contributed by atoms with E-state index < -0.39 is 0 Å². The number of aryl methyl sites for hydroxylation is 1. The molecular weight excluding hydrogens is 322 g/mol. The van der Waals surface area contributed by atoms with Crippen LogP contribution in [-0.4, -0.2) is 18.8 Å². The number of aromatic nitrogens is 1. The van der Waals surface area contributed by atoms with Crippen LogP contribution in [0.25, 0.3) is 16.6 Å². The second-order valence-electron chi connectivity index (χ2n) is 6.17. The maximum atomic E-state index is 6.08. The SMILES string of the molecule is COc1cc2c3c(n(-c4ccc(Cl)cc4)c2cc1OC)CCCC3. The van der Waals surface area contributed by atoms with E-state index in [9.17, 15) is 0 Å². The number of benzene rings is 2. The van der Waals surface area contributed by atoms with Crippen LogP contribution in [-0.2, 0) is 12.8 Å². The Kier molecular flexibility index (Phi) is 3.89. The topological polar surface area (TPSA) is 23.4 Å². The van der Waals surface area contributed by atoms with E-state index in [1.165, 1.54) is 35.0 Å². The Balaban J connectivity index is 2.05. The highest BCUT2D eigenvalue weighted by Crippen LogP contribution is 2.40. The van der Waals surface area contributed by atoms with Crippen LogP contribution in [0, 0.1) is 0 Å². The minimum Gasteiger partial charge on any atom is -0.493 e. The van der Waals surface area contributed by atoms with Gasteiger partial charge in [-0.3, -0.25) is 0 Å². The van der Waals surface area contributed by atoms with E-state index in [4.69, 9.17) is 21.1 Å². The zero-order valence-corrected chi connectivity index (χ0v) is 14.7. The Morgan fingerprint density at radius 1 is 0.917 bits per heavy atom. The first-order valence-electron chi connectivity index (χ1n) is 8.27. The van der Waals surface area contributed by atoms with Gasteiger partial charge in [-0.25, -0.2) is 0 Å². The fourth-order valence-corrected chi connectivity index (χ4v) is 3.88. The van der Waals surface area contributed by atoms with Gasteiger partial charge in [-0.1, -0.05) is 11.6 Å². The molecule has 0 radical (unpaired) electrons. The number of hydrogen-bond donors (Lipinski definition) is 0. The summed E-state index contributed by atoms with van der Waals surface area (Å²) < 4.78 is 13.4. The number of nitrogens with zero attached hydrogens (tertiary/aromatic N) is 1. The van der Waals surface area contributed by atoms with Gasteiger partial charge < -0.3 is 14.0 Å². The van der Waals surface area contributed by atoms with Crippen molar-refractivity contribution >= 4 is 22.5 Å². The molecule has 3 aromatic rings. The predicted octanol–water partition coefficient (Wildman–Crippen LogP) is 5.18. The van der Waals surface area contributed by atoms with Crippen molar-refractivity contribution in [3.63, 3.8) is 0 Å². The van der Waals surface area contributed by atoms with Crippen molar-refractivity contribution in [2.75, 3.05) is 14.2 Å². The molecule has 0 saturated carbocycles.